The topological polar surface area (TPSA) is 71.1 Å². The van der Waals surface area contributed by atoms with Gasteiger partial charge in [-0.3, -0.25) is 18.5 Å². The van der Waals surface area contributed by atoms with E-state index in [0.717, 1.165) is 15.7 Å². The number of ether oxygens (including phenoxy) is 1. The lowest BCUT2D eigenvalue weighted by atomic mass is 10.1. The van der Waals surface area contributed by atoms with Crippen LogP contribution >= 0.6 is 0 Å². The summed E-state index contributed by atoms with van der Waals surface area (Å²) < 4.78 is 9.88. The molecule has 0 saturated heterocycles. The maximum absolute atomic E-state index is 12.3. The third kappa shape index (κ3) is 2.73. The highest BCUT2D eigenvalue weighted by molar-refractivity contribution is 5.72. The number of benzene rings is 2. The Morgan fingerprint density at radius 3 is 2.07 bits per heavy atom. The van der Waals surface area contributed by atoms with E-state index < -0.39 is 11.2 Å². The van der Waals surface area contributed by atoms with Gasteiger partial charge in [-0.25, -0.2) is 4.79 Å². The first-order chi connectivity index (χ1) is 13.0. The van der Waals surface area contributed by atoms with Gasteiger partial charge in [0.25, 0.3) is 5.56 Å². The molecule has 0 fully saturated rings. The molecule has 2 aromatic carbocycles. The number of imidazole rings is 1. The maximum atomic E-state index is 12.3. The number of nitrogens with zero attached hydrogens (tertiary/aromatic N) is 4. The molecule has 27 heavy (non-hydrogen) atoms. The maximum Gasteiger partial charge on any atom is 0.332 e. The zero-order valence-corrected chi connectivity index (χ0v) is 15.2. The summed E-state index contributed by atoms with van der Waals surface area (Å²) in [5.41, 5.74) is 1.94. The van der Waals surface area contributed by atoms with Gasteiger partial charge in [-0.15, -0.1) is 0 Å². The van der Waals surface area contributed by atoms with Crippen LogP contribution in [0.25, 0.3) is 22.3 Å². The summed E-state index contributed by atoms with van der Waals surface area (Å²) in [6.45, 7) is 0. The Hall–Kier alpha value is -3.61. The molecule has 4 aromatic rings. The van der Waals surface area contributed by atoms with Crippen molar-refractivity contribution in [1.82, 2.24) is 18.7 Å². The molecule has 0 atom stereocenters. The minimum absolute atomic E-state index is 0.193. The molecule has 136 valence electrons. The molecule has 0 saturated carbocycles. The lowest BCUT2D eigenvalue weighted by Crippen LogP contribution is -2.37. The first-order valence-electron chi connectivity index (χ1n) is 8.43. The average molecular weight is 362 g/mol. The number of aryl methyl sites for hydroxylation is 2. The molecule has 0 unspecified atom stereocenters. The summed E-state index contributed by atoms with van der Waals surface area (Å²) >= 11 is 0. The summed E-state index contributed by atoms with van der Waals surface area (Å²) in [6.07, 6.45) is 0. The molecule has 0 spiro atoms. The normalized spacial score (nSPS) is 11.1. The van der Waals surface area contributed by atoms with Crippen molar-refractivity contribution in [2.45, 2.75) is 0 Å². The molecule has 0 radical (unpaired) electrons. The van der Waals surface area contributed by atoms with Crippen molar-refractivity contribution in [3.63, 3.8) is 0 Å². The largest absolute Gasteiger partial charge is 0.425 e. The zero-order valence-electron chi connectivity index (χ0n) is 15.2. The second-order valence-corrected chi connectivity index (χ2v) is 6.32. The smallest absolute Gasteiger partial charge is 0.332 e. The third-order valence-corrected chi connectivity index (χ3v) is 4.59. The van der Waals surface area contributed by atoms with Gasteiger partial charge in [-0.05, 0) is 23.3 Å². The third-order valence-electron chi connectivity index (χ3n) is 4.59. The lowest BCUT2D eigenvalue weighted by molar-refractivity contribution is 0.426. The van der Waals surface area contributed by atoms with Crippen LogP contribution in [0.4, 0.5) is 0 Å². The van der Waals surface area contributed by atoms with Crippen LogP contribution < -0.4 is 16.0 Å². The van der Waals surface area contributed by atoms with Gasteiger partial charge in [-0.1, -0.05) is 42.5 Å². The lowest BCUT2D eigenvalue weighted by Gasteiger charge is -2.08. The van der Waals surface area contributed by atoms with Gasteiger partial charge in [0.15, 0.2) is 11.2 Å². The second-order valence-electron chi connectivity index (χ2n) is 6.32. The van der Waals surface area contributed by atoms with E-state index in [-0.39, 0.29) is 11.5 Å². The van der Waals surface area contributed by atoms with Crippen LogP contribution in [0.15, 0.2) is 64.2 Å². The van der Waals surface area contributed by atoms with E-state index in [0.29, 0.717) is 11.4 Å². The minimum atomic E-state index is -0.446. The van der Waals surface area contributed by atoms with Gasteiger partial charge >= 0.3 is 11.7 Å². The van der Waals surface area contributed by atoms with E-state index >= 15 is 0 Å². The molecular formula is C20H18N4O3. The highest BCUT2D eigenvalue weighted by Crippen LogP contribution is 2.26. The van der Waals surface area contributed by atoms with Gasteiger partial charge in [0, 0.05) is 21.1 Å². The zero-order chi connectivity index (χ0) is 19.1. The van der Waals surface area contributed by atoms with Gasteiger partial charge < -0.3 is 4.74 Å². The summed E-state index contributed by atoms with van der Waals surface area (Å²) in [5, 5.41) is 0. The van der Waals surface area contributed by atoms with E-state index in [1.165, 1.54) is 11.6 Å². The van der Waals surface area contributed by atoms with E-state index in [9.17, 15) is 9.59 Å². The molecule has 7 heteroatoms. The van der Waals surface area contributed by atoms with Crippen LogP contribution in [-0.2, 0) is 21.1 Å². The SMILES string of the molecule is Cn1c(=O)c2nc(Oc3ccc(-c4ccccc4)cc3)n(C)c2n(C)c1=O. The van der Waals surface area contributed by atoms with Gasteiger partial charge in [0.1, 0.15) is 5.75 Å². The standard InChI is InChI=1S/C20H18N4O3/c1-22-17-16(18(25)24(3)20(26)23(17)2)21-19(22)27-15-11-9-14(10-12-15)13-7-5-4-6-8-13/h4-12H,1-3H3. The second kappa shape index (κ2) is 6.28. The van der Waals surface area contributed by atoms with Crippen LogP contribution in [0, 0.1) is 0 Å². The molecule has 7 nitrogen and oxygen atoms in total. The van der Waals surface area contributed by atoms with Crippen molar-refractivity contribution in [1.29, 1.82) is 0 Å². The van der Waals surface area contributed by atoms with Crippen LogP contribution in [-0.4, -0.2) is 18.7 Å². The Morgan fingerprint density at radius 2 is 1.41 bits per heavy atom. The fourth-order valence-electron chi connectivity index (χ4n) is 3.10. The van der Waals surface area contributed by atoms with Crippen molar-refractivity contribution in [3.05, 3.63) is 75.4 Å². The first kappa shape index (κ1) is 16.8. The van der Waals surface area contributed by atoms with E-state index in [2.05, 4.69) is 4.98 Å². The van der Waals surface area contributed by atoms with Crippen LogP contribution in [0.1, 0.15) is 0 Å². The van der Waals surface area contributed by atoms with Crippen LogP contribution in [0.3, 0.4) is 0 Å². The highest BCUT2D eigenvalue weighted by Gasteiger charge is 2.18. The summed E-state index contributed by atoms with van der Waals surface area (Å²) in [4.78, 5) is 28.8. The Morgan fingerprint density at radius 1 is 0.778 bits per heavy atom. The average Bonchev–Trinajstić information content (AvgIpc) is 3.02. The quantitative estimate of drug-likeness (QED) is 0.561. The molecule has 0 bridgehead atoms. The first-order valence-corrected chi connectivity index (χ1v) is 8.43. The molecule has 0 N–H and O–H groups in total. The Labute approximate surface area is 154 Å². The molecule has 4 rings (SSSR count). The van der Waals surface area contributed by atoms with E-state index in [1.54, 1.807) is 18.7 Å². The Bertz CT molecular complexity index is 1250. The molecule has 0 aliphatic heterocycles. The fourth-order valence-corrected chi connectivity index (χ4v) is 3.10. The molecule has 2 aromatic heterocycles. The van der Waals surface area contributed by atoms with Crippen molar-refractivity contribution in [2.24, 2.45) is 21.1 Å². The molecule has 0 aliphatic carbocycles. The predicted octanol–water partition coefficient (Wildman–Crippen LogP) is 2.43. The molecule has 2 heterocycles. The molecular weight excluding hydrogens is 344 g/mol. The summed E-state index contributed by atoms with van der Waals surface area (Å²) in [7, 11) is 4.74. The Kier molecular flexibility index (Phi) is 3.92. The van der Waals surface area contributed by atoms with Gasteiger partial charge in [0.05, 0.1) is 0 Å². The van der Waals surface area contributed by atoms with Crippen molar-refractivity contribution < 1.29 is 4.74 Å². The summed E-state index contributed by atoms with van der Waals surface area (Å²) in [5.74, 6) is 0.593. The number of fused-ring (bicyclic) bond motifs is 1. The highest BCUT2D eigenvalue weighted by atomic mass is 16.5. The minimum Gasteiger partial charge on any atom is -0.425 e. The Balaban J connectivity index is 1.73. The molecule has 0 amide bonds. The van der Waals surface area contributed by atoms with E-state index in [4.69, 9.17) is 4.74 Å². The van der Waals surface area contributed by atoms with Gasteiger partial charge in [0.2, 0.25) is 0 Å². The van der Waals surface area contributed by atoms with Crippen molar-refractivity contribution in [2.75, 3.05) is 0 Å². The van der Waals surface area contributed by atoms with Crippen LogP contribution in [0.2, 0.25) is 0 Å². The van der Waals surface area contributed by atoms with E-state index in [1.807, 2.05) is 54.6 Å². The summed E-state index contributed by atoms with van der Waals surface area (Å²) in [6, 6.07) is 17.9. The number of aromatic nitrogens is 4. The number of rotatable bonds is 3. The fraction of sp³-hybridized carbons (Fsp3) is 0.150. The van der Waals surface area contributed by atoms with Crippen molar-refractivity contribution >= 4 is 11.2 Å². The van der Waals surface area contributed by atoms with Crippen LogP contribution in [0.5, 0.6) is 11.8 Å². The molecule has 0 aliphatic rings. The number of hydrogen-bond donors (Lipinski definition) is 0. The van der Waals surface area contributed by atoms with Gasteiger partial charge in [-0.2, -0.15) is 4.98 Å². The monoisotopic (exact) mass is 362 g/mol. The predicted molar refractivity (Wildman–Crippen MR) is 103 cm³/mol. The van der Waals surface area contributed by atoms with Crippen molar-refractivity contribution in [3.8, 4) is 22.9 Å². The number of hydrogen-bond acceptors (Lipinski definition) is 4.